The number of halogens is 1. The van der Waals surface area contributed by atoms with Crippen LogP contribution in [0, 0.1) is 6.92 Å². The maximum Gasteiger partial charge on any atom is 0.264 e. The number of carbonyl (C=O) groups excluding carboxylic acids is 2. The first-order chi connectivity index (χ1) is 22.1. The summed E-state index contributed by atoms with van der Waals surface area (Å²) in [6.45, 7) is 5.99. The van der Waals surface area contributed by atoms with Crippen LogP contribution in [0.25, 0.3) is 0 Å². The summed E-state index contributed by atoms with van der Waals surface area (Å²) in [7, 11) is -4.21. The Morgan fingerprint density at radius 1 is 0.870 bits per heavy atom. The Kier molecular flexibility index (Phi) is 12.2. The monoisotopic (exact) mass is 661 g/mol. The van der Waals surface area contributed by atoms with E-state index in [9.17, 15) is 18.0 Å². The van der Waals surface area contributed by atoms with E-state index >= 15 is 0 Å². The summed E-state index contributed by atoms with van der Waals surface area (Å²) in [6, 6.07) is 28.6. The summed E-state index contributed by atoms with van der Waals surface area (Å²) in [5.74, 6) is -0.321. The van der Waals surface area contributed by atoms with Gasteiger partial charge in [-0.3, -0.25) is 13.9 Å². The van der Waals surface area contributed by atoms with Crippen LogP contribution in [-0.4, -0.2) is 50.9 Å². The predicted octanol–water partition coefficient (Wildman–Crippen LogP) is 6.41. The Hall–Kier alpha value is -4.34. The van der Waals surface area contributed by atoms with Gasteiger partial charge in [0.2, 0.25) is 11.8 Å². The van der Waals surface area contributed by atoms with Crippen molar-refractivity contribution in [3.63, 3.8) is 0 Å². The second kappa shape index (κ2) is 16.3. The average Bonchev–Trinajstić information content (AvgIpc) is 3.06. The first-order valence-electron chi connectivity index (χ1n) is 15.3. The number of rotatable bonds is 15. The molecule has 0 heterocycles. The molecule has 2 amide bonds. The highest BCUT2D eigenvalue weighted by molar-refractivity contribution is 7.92. The van der Waals surface area contributed by atoms with Crippen LogP contribution < -0.4 is 14.4 Å². The number of hydrogen-bond donors (Lipinski definition) is 1. The molecule has 4 aromatic rings. The quantitative estimate of drug-likeness (QED) is 0.159. The van der Waals surface area contributed by atoms with Crippen LogP contribution >= 0.6 is 11.6 Å². The molecular formula is C36H40ClN3O5S. The second-order valence-corrected chi connectivity index (χ2v) is 13.1. The zero-order chi connectivity index (χ0) is 33.1. The molecule has 1 atom stereocenters. The average molecular weight is 662 g/mol. The van der Waals surface area contributed by atoms with Crippen LogP contribution in [0.4, 0.5) is 5.69 Å². The lowest BCUT2D eigenvalue weighted by atomic mass is 10.0. The SMILES string of the molecule is CCCNC(=O)[C@H](Cc1ccccc1)N(Cc1ccccc1Cl)C(=O)CN(c1ccc(OCC)cc1)S(=O)(=O)c1ccc(C)cc1. The number of carbonyl (C=O) groups is 2. The molecule has 0 bridgehead atoms. The van der Waals surface area contributed by atoms with Gasteiger partial charge in [-0.1, -0.05) is 84.8 Å². The third kappa shape index (κ3) is 8.89. The van der Waals surface area contributed by atoms with E-state index in [0.29, 0.717) is 35.9 Å². The van der Waals surface area contributed by atoms with Gasteiger partial charge in [-0.25, -0.2) is 8.42 Å². The van der Waals surface area contributed by atoms with Crippen molar-refractivity contribution < 1.29 is 22.7 Å². The molecule has 242 valence electrons. The second-order valence-electron chi connectivity index (χ2n) is 10.9. The molecule has 46 heavy (non-hydrogen) atoms. The van der Waals surface area contributed by atoms with Gasteiger partial charge in [0.1, 0.15) is 18.3 Å². The summed E-state index contributed by atoms with van der Waals surface area (Å²) in [4.78, 5) is 29.8. The molecule has 0 fully saturated rings. The van der Waals surface area contributed by atoms with Crippen molar-refractivity contribution in [2.75, 3.05) is 24.0 Å². The maximum absolute atomic E-state index is 14.5. The van der Waals surface area contributed by atoms with E-state index in [1.165, 1.54) is 17.0 Å². The number of sulfonamides is 1. The standard InChI is InChI=1S/C36H40ClN3O5S/c1-4-23-38-36(42)34(24-28-11-7-6-8-12-28)39(25-29-13-9-10-14-33(29)37)35(41)26-40(30-17-19-31(20-18-30)45-5-2)46(43,44)32-21-15-27(3)16-22-32/h6-22,34H,4-5,23-26H2,1-3H3,(H,38,42)/t34-/m0/s1. The van der Waals surface area contributed by atoms with E-state index in [4.69, 9.17) is 16.3 Å². The van der Waals surface area contributed by atoms with Gasteiger partial charge in [0.15, 0.2) is 0 Å². The summed E-state index contributed by atoms with van der Waals surface area (Å²) < 4.78 is 35.0. The fourth-order valence-electron chi connectivity index (χ4n) is 4.97. The summed E-state index contributed by atoms with van der Waals surface area (Å²) in [5.41, 5.74) is 2.67. The van der Waals surface area contributed by atoms with Gasteiger partial charge in [-0.15, -0.1) is 0 Å². The molecular weight excluding hydrogens is 622 g/mol. The Bertz CT molecular complexity index is 1700. The fourth-order valence-corrected chi connectivity index (χ4v) is 6.58. The molecule has 1 N–H and O–H groups in total. The molecule has 0 aliphatic carbocycles. The van der Waals surface area contributed by atoms with Crippen molar-refractivity contribution in [2.24, 2.45) is 0 Å². The highest BCUT2D eigenvalue weighted by Crippen LogP contribution is 2.28. The van der Waals surface area contributed by atoms with Crippen molar-refractivity contribution >= 4 is 39.1 Å². The van der Waals surface area contributed by atoms with E-state index in [2.05, 4.69) is 5.32 Å². The van der Waals surface area contributed by atoms with Gasteiger partial charge in [0, 0.05) is 24.5 Å². The number of benzene rings is 4. The molecule has 8 nitrogen and oxygen atoms in total. The molecule has 0 aromatic heterocycles. The fraction of sp³-hybridized carbons (Fsp3) is 0.278. The van der Waals surface area contributed by atoms with E-state index in [1.807, 2.05) is 51.1 Å². The zero-order valence-corrected chi connectivity index (χ0v) is 27.9. The largest absolute Gasteiger partial charge is 0.494 e. The summed E-state index contributed by atoms with van der Waals surface area (Å²) in [5, 5.41) is 3.38. The topological polar surface area (TPSA) is 96.0 Å². The van der Waals surface area contributed by atoms with Crippen molar-refractivity contribution in [1.82, 2.24) is 10.2 Å². The Morgan fingerprint density at radius 3 is 2.15 bits per heavy atom. The van der Waals surface area contributed by atoms with E-state index in [-0.39, 0.29) is 29.5 Å². The van der Waals surface area contributed by atoms with Crippen LogP contribution in [0.1, 0.15) is 37.0 Å². The Balaban J connectivity index is 1.80. The van der Waals surface area contributed by atoms with Crippen molar-refractivity contribution in [3.05, 3.63) is 125 Å². The third-order valence-corrected chi connectivity index (χ3v) is 9.60. The molecule has 0 saturated heterocycles. The minimum atomic E-state index is -4.21. The molecule has 10 heteroatoms. The number of amides is 2. The minimum absolute atomic E-state index is 0.00273. The first kappa shape index (κ1) is 34.5. The number of aryl methyl sites for hydroxylation is 1. The number of ether oxygens (including phenoxy) is 1. The number of anilines is 1. The number of hydrogen-bond acceptors (Lipinski definition) is 5. The lowest BCUT2D eigenvalue weighted by Gasteiger charge is -2.34. The van der Waals surface area contributed by atoms with Crippen LogP contribution in [-0.2, 0) is 32.6 Å². The van der Waals surface area contributed by atoms with Gasteiger partial charge in [0.25, 0.3) is 10.0 Å². The summed E-state index contributed by atoms with van der Waals surface area (Å²) >= 11 is 6.55. The van der Waals surface area contributed by atoms with Crippen molar-refractivity contribution in [1.29, 1.82) is 0 Å². The van der Waals surface area contributed by atoms with Gasteiger partial charge < -0.3 is 15.0 Å². The van der Waals surface area contributed by atoms with Crippen LogP contribution in [0.3, 0.4) is 0 Å². The van der Waals surface area contributed by atoms with Crippen LogP contribution in [0.5, 0.6) is 5.75 Å². The summed E-state index contributed by atoms with van der Waals surface area (Å²) in [6.07, 6.45) is 0.933. The maximum atomic E-state index is 14.5. The Labute approximate surface area is 277 Å². The van der Waals surface area contributed by atoms with Gasteiger partial charge in [-0.05, 0) is 73.9 Å². The first-order valence-corrected chi connectivity index (χ1v) is 17.1. The molecule has 0 saturated carbocycles. The Morgan fingerprint density at radius 2 is 1.52 bits per heavy atom. The zero-order valence-electron chi connectivity index (χ0n) is 26.4. The van der Waals surface area contributed by atoms with Crippen LogP contribution in [0.15, 0.2) is 108 Å². The number of nitrogens with one attached hydrogen (secondary N) is 1. The van der Waals surface area contributed by atoms with Crippen LogP contribution in [0.2, 0.25) is 5.02 Å². The lowest BCUT2D eigenvalue weighted by Crippen LogP contribution is -2.53. The van der Waals surface area contributed by atoms with E-state index < -0.39 is 28.5 Å². The minimum Gasteiger partial charge on any atom is -0.494 e. The van der Waals surface area contributed by atoms with E-state index in [0.717, 1.165) is 15.4 Å². The normalized spacial score (nSPS) is 11.8. The molecule has 0 aliphatic heterocycles. The lowest BCUT2D eigenvalue weighted by molar-refractivity contribution is -0.140. The molecule has 0 radical (unpaired) electrons. The van der Waals surface area contributed by atoms with E-state index in [1.54, 1.807) is 60.7 Å². The molecule has 0 unspecified atom stereocenters. The highest BCUT2D eigenvalue weighted by Gasteiger charge is 2.34. The molecule has 0 spiro atoms. The van der Waals surface area contributed by atoms with Gasteiger partial charge >= 0.3 is 0 Å². The molecule has 4 aromatic carbocycles. The van der Waals surface area contributed by atoms with Gasteiger partial charge in [0.05, 0.1) is 17.2 Å². The third-order valence-electron chi connectivity index (χ3n) is 7.44. The molecule has 0 aliphatic rings. The van der Waals surface area contributed by atoms with Crippen molar-refractivity contribution in [3.8, 4) is 5.75 Å². The number of nitrogens with zero attached hydrogens (tertiary/aromatic N) is 2. The van der Waals surface area contributed by atoms with Gasteiger partial charge in [-0.2, -0.15) is 0 Å². The molecule has 4 rings (SSSR count). The van der Waals surface area contributed by atoms with Crippen molar-refractivity contribution in [2.45, 2.75) is 51.1 Å². The highest BCUT2D eigenvalue weighted by atomic mass is 35.5. The predicted molar refractivity (Wildman–Crippen MR) is 183 cm³/mol. The smallest absolute Gasteiger partial charge is 0.264 e.